The lowest BCUT2D eigenvalue weighted by atomic mass is 10.1. The monoisotopic (exact) mass is 358 g/mol. The molecule has 1 aliphatic heterocycles. The Labute approximate surface area is 153 Å². The summed E-state index contributed by atoms with van der Waals surface area (Å²) in [4.78, 5) is 19.2. The molecule has 3 rings (SSSR count). The average molecular weight is 358 g/mol. The van der Waals surface area contributed by atoms with Gasteiger partial charge < -0.3 is 14.6 Å². The average Bonchev–Trinajstić information content (AvgIpc) is 3.25. The first-order valence-corrected chi connectivity index (χ1v) is 9.05. The SMILES string of the molecule is COc1ccc(NC(=O)C2CCCN2Cc2noc(CC(C)C)n2)cc1. The number of rotatable bonds is 7. The maximum absolute atomic E-state index is 12.7. The summed E-state index contributed by atoms with van der Waals surface area (Å²) in [6.45, 7) is 5.62. The zero-order valence-corrected chi connectivity index (χ0v) is 15.6. The van der Waals surface area contributed by atoms with Gasteiger partial charge in [-0.2, -0.15) is 4.98 Å². The van der Waals surface area contributed by atoms with Gasteiger partial charge in [-0.25, -0.2) is 0 Å². The molecule has 1 saturated heterocycles. The molecule has 1 atom stereocenters. The molecular formula is C19H26N4O3. The van der Waals surface area contributed by atoms with Crippen LogP contribution in [0.1, 0.15) is 38.4 Å². The zero-order chi connectivity index (χ0) is 18.5. The molecule has 1 unspecified atom stereocenters. The first-order chi connectivity index (χ1) is 12.5. The predicted molar refractivity (Wildman–Crippen MR) is 97.9 cm³/mol. The lowest BCUT2D eigenvalue weighted by Gasteiger charge is -2.22. The van der Waals surface area contributed by atoms with Crippen LogP contribution in [0.4, 0.5) is 5.69 Å². The minimum Gasteiger partial charge on any atom is -0.497 e. The van der Waals surface area contributed by atoms with Crippen molar-refractivity contribution in [1.82, 2.24) is 15.0 Å². The highest BCUT2D eigenvalue weighted by Gasteiger charge is 2.31. The van der Waals surface area contributed by atoms with Crippen molar-refractivity contribution in [2.45, 2.75) is 45.7 Å². The van der Waals surface area contributed by atoms with Crippen molar-refractivity contribution in [2.24, 2.45) is 5.92 Å². The molecule has 7 nitrogen and oxygen atoms in total. The topological polar surface area (TPSA) is 80.5 Å². The van der Waals surface area contributed by atoms with E-state index < -0.39 is 0 Å². The number of aromatic nitrogens is 2. The summed E-state index contributed by atoms with van der Waals surface area (Å²) < 4.78 is 10.4. The van der Waals surface area contributed by atoms with E-state index in [1.54, 1.807) is 7.11 Å². The lowest BCUT2D eigenvalue weighted by molar-refractivity contribution is -0.120. The van der Waals surface area contributed by atoms with Crippen LogP contribution in [0, 0.1) is 5.92 Å². The third-order valence-corrected chi connectivity index (χ3v) is 4.46. The number of hydrogen-bond donors (Lipinski definition) is 1. The zero-order valence-electron chi connectivity index (χ0n) is 15.6. The molecule has 0 aliphatic carbocycles. The third kappa shape index (κ3) is 4.60. The van der Waals surface area contributed by atoms with Gasteiger partial charge in [0.2, 0.25) is 11.8 Å². The number of nitrogens with one attached hydrogen (secondary N) is 1. The second-order valence-electron chi connectivity index (χ2n) is 7.05. The van der Waals surface area contributed by atoms with Crippen molar-refractivity contribution < 1.29 is 14.1 Å². The first kappa shape index (κ1) is 18.4. The van der Waals surface area contributed by atoms with Crippen molar-refractivity contribution >= 4 is 11.6 Å². The first-order valence-electron chi connectivity index (χ1n) is 9.05. The Kier molecular flexibility index (Phi) is 5.88. The molecule has 1 aromatic heterocycles. The Morgan fingerprint density at radius 2 is 2.15 bits per heavy atom. The summed E-state index contributed by atoms with van der Waals surface area (Å²) >= 11 is 0. The fraction of sp³-hybridized carbons (Fsp3) is 0.526. The van der Waals surface area contributed by atoms with Gasteiger partial charge in [-0.05, 0) is 49.6 Å². The smallest absolute Gasteiger partial charge is 0.241 e. The van der Waals surface area contributed by atoms with Gasteiger partial charge in [-0.1, -0.05) is 19.0 Å². The van der Waals surface area contributed by atoms with E-state index in [1.165, 1.54) is 0 Å². The van der Waals surface area contributed by atoms with Crippen LogP contribution in [0.25, 0.3) is 0 Å². The Balaban J connectivity index is 1.59. The number of carbonyl (C=O) groups is 1. The van der Waals surface area contributed by atoms with Gasteiger partial charge in [-0.3, -0.25) is 9.69 Å². The second-order valence-corrected chi connectivity index (χ2v) is 7.05. The fourth-order valence-electron chi connectivity index (χ4n) is 3.18. The van der Waals surface area contributed by atoms with Gasteiger partial charge in [0.05, 0.1) is 19.7 Å². The van der Waals surface area contributed by atoms with Crippen LogP contribution < -0.4 is 10.1 Å². The third-order valence-electron chi connectivity index (χ3n) is 4.46. The van der Waals surface area contributed by atoms with Crippen LogP contribution in [-0.4, -0.2) is 40.6 Å². The molecule has 1 fully saturated rings. The number of nitrogens with zero attached hydrogens (tertiary/aromatic N) is 3. The molecule has 26 heavy (non-hydrogen) atoms. The summed E-state index contributed by atoms with van der Waals surface area (Å²) in [5, 5.41) is 7.04. The summed E-state index contributed by atoms with van der Waals surface area (Å²) in [7, 11) is 1.62. The fourth-order valence-corrected chi connectivity index (χ4v) is 3.18. The van der Waals surface area contributed by atoms with E-state index >= 15 is 0 Å². The van der Waals surface area contributed by atoms with Gasteiger partial charge >= 0.3 is 0 Å². The minimum absolute atomic E-state index is 0.00133. The van der Waals surface area contributed by atoms with Crippen molar-refractivity contribution in [3.05, 3.63) is 36.0 Å². The molecule has 0 spiro atoms. The molecule has 0 bridgehead atoms. The van der Waals surface area contributed by atoms with E-state index in [2.05, 4.69) is 34.2 Å². The van der Waals surface area contributed by atoms with Gasteiger partial charge in [0, 0.05) is 12.1 Å². The molecule has 1 aliphatic rings. The van der Waals surface area contributed by atoms with E-state index in [4.69, 9.17) is 9.26 Å². The normalized spacial score (nSPS) is 17.6. The van der Waals surface area contributed by atoms with Crippen LogP contribution >= 0.6 is 0 Å². The van der Waals surface area contributed by atoms with Crippen LogP contribution in [0.2, 0.25) is 0 Å². The second kappa shape index (κ2) is 8.31. The minimum atomic E-state index is -0.177. The number of methoxy groups -OCH3 is 1. The summed E-state index contributed by atoms with van der Waals surface area (Å²) in [6.07, 6.45) is 2.59. The van der Waals surface area contributed by atoms with Gasteiger partial charge in [0.25, 0.3) is 0 Å². The number of ether oxygens (including phenoxy) is 1. The maximum atomic E-state index is 12.7. The molecule has 2 aromatic rings. The largest absolute Gasteiger partial charge is 0.497 e. The maximum Gasteiger partial charge on any atom is 0.241 e. The number of amides is 1. The molecule has 0 radical (unpaired) electrons. The van der Waals surface area contributed by atoms with E-state index in [1.807, 2.05) is 24.3 Å². The van der Waals surface area contributed by atoms with Crippen molar-refractivity contribution in [3.8, 4) is 5.75 Å². The molecule has 7 heteroatoms. The molecule has 0 saturated carbocycles. The van der Waals surface area contributed by atoms with E-state index in [0.29, 0.717) is 24.2 Å². The highest BCUT2D eigenvalue weighted by atomic mass is 16.5. The van der Waals surface area contributed by atoms with Crippen molar-refractivity contribution in [2.75, 3.05) is 19.0 Å². The quantitative estimate of drug-likeness (QED) is 0.820. The van der Waals surface area contributed by atoms with Crippen LogP contribution in [0.5, 0.6) is 5.75 Å². The molecule has 1 amide bonds. The summed E-state index contributed by atoms with van der Waals surface area (Å²) in [6, 6.07) is 7.17. The lowest BCUT2D eigenvalue weighted by Crippen LogP contribution is -2.39. The Hall–Kier alpha value is -2.41. The number of anilines is 1. The van der Waals surface area contributed by atoms with Crippen LogP contribution in [0.15, 0.2) is 28.8 Å². The standard InChI is InChI=1S/C19H26N4O3/c1-13(2)11-18-21-17(22-26-18)12-23-10-4-5-16(23)19(24)20-14-6-8-15(25-3)9-7-14/h6-9,13,16H,4-5,10-12H2,1-3H3,(H,20,24). The summed E-state index contributed by atoms with van der Waals surface area (Å²) in [5.41, 5.74) is 0.765. The Morgan fingerprint density at radius 1 is 1.38 bits per heavy atom. The Morgan fingerprint density at radius 3 is 2.85 bits per heavy atom. The van der Waals surface area contributed by atoms with Crippen molar-refractivity contribution in [3.63, 3.8) is 0 Å². The van der Waals surface area contributed by atoms with E-state index in [0.717, 1.165) is 37.2 Å². The highest BCUT2D eigenvalue weighted by molar-refractivity contribution is 5.95. The summed E-state index contributed by atoms with van der Waals surface area (Å²) in [5.74, 6) is 2.54. The molecule has 1 aromatic carbocycles. The molecule has 2 heterocycles. The molecular weight excluding hydrogens is 332 g/mol. The van der Waals surface area contributed by atoms with Gasteiger partial charge in [-0.15, -0.1) is 0 Å². The molecule has 1 N–H and O–H groups in total. The number of likely N-dealkylation sites (tertiary alicyclic amines) is 1. The number of benzene rings is 1. The van der Waals surface area contributed by atoms with Crippen LogP contribution in [-0.2, 0) is 17.8 Å². The highest BCUT2D eigenvalue weighted by Crippen LogP contribution is 2.22. The molecule has 140 valence electrons. The van der Waals surface area contributed by atoms with Crippen LogP contribution in [0.3, 0.4) is 0 Å². The van der Waals surface area contributed by atoms with E-state index in [9.17, 15) is 4.79 Å². The predicted octanol–water partition coefficient (Wildman–Crippen LogP) is 2.88. The number of carbonyl (C=O) groups excluding carboxylic acids is 1. The Bertz CT molecular complexity index is 727. The van der Waals surface area contributed by atoms with Crippen molar-refractivity contribution in [1.29, 1.82) is 0 Å². The van der Waals surface area contributed by atoms with Gasteiger partial charge in [0.1, 0.15) is 5.75 Å². The van der Waals surface area contributed by atoms with Gasteiger partial charge in [0.15, 0.2) is 5.82 Å². The van der Waals surface area contributed by atoms with E-state index in [-0.39, 0.29) is 11.9 Å². The number of hydrogen-bond acceptors (Lipinski definition) is 6.